The van der Waals surface area contributed by atoms with Crippen LogP contribution in [-0.4, -0.2) is 28.0 Å². The zero-order valence-corrected chi connectivity index (χ0v) is 12.8. The lowest BCUT2D eigenvalue weighted by Crippen LogP contribution is -2.31. The van der Waals surface area contributed by atoms with Crippen LogP contribution in [0.5, 0.6) is 0 Å². The molecule has 0 amide bonds. The summed E-state index contributed by atoms with van der Waals surface area (Å²) in [6.45, 7) is 1.63. The molecule has 0 atom stereocenters. The fourth-order valence-corrected chi connectivity index (χ4v) is 3.40. The number of nitro groups is 1. The molecular weight excluding hydrogens is 300 g/mol. The molecule has 0 saturated carbocycles. The maximum Gasteiger partial charge on any atom is 0.343 e. The molecule has 1 saturated heterocycles. The zero-order valence-electron chi connectivity index (χ0n) is 12.0. The van der Waals surface area contributed by atoms with Gasteiger partial charge in [-0.3, -0.25) is 10.1 Å². The Hall–Kier alpha value is -2.15. The Bertz CT molecular complexity index is 660. The van der Waals surface area contributed by atoms with E-state index in [1.165, 1.54) is 24.5 Å². The van der Waals surface area contributed by atoms with Crippen LogP contribution in [0.1, 0.15) is 19.3 Å². The van der Waals surface area contributed by atoms with Gasteiger partial charge in [-0.15, -0.1) is 0 Å². The van der Waals surface area contributed by atoms with E-state index in [0.717, 1.165) is 30.8 Å². The van der Waals surface area contributed by atoms with Gasteiger partial charge in [-0.1, -0.05) is 30.0 Å². The molecule has 0 unspecified atom stereocenters. The number of rotatable bonds is 4. The van der Waals surface area contributed by atoms with E-state index < -0.39 is 0 Å². The average molecular weight is 316 g/mol. The zero-order chi connectivity index (χ0) is 15.4. The molecule has 114 valence electrons. The maximum atomic E-state index is 11.6. The normalized spacial score (nSPS) is 14.8. The minimum absolute atomic E-state index is 0.0123. The van der Waals surface area contributed by atoms with E-state index in [1.54, 1.807) is 0 Å². The van der Waals surface area contributed by atoms with Crippen molar-refractivity contribution in [2.45, 2.75) is 29.2 Å². The Morgan fingerprint density at radius 3 is 2.50 bits per heavy atom. The van der Waals surface area contributed by atoms with E-state index in [-0.39, 0.29) is 10.6 Å². The lowest BCUT2D eigenvalue weighted by Gasteiger charge is -2.27. The first-order chi connectivity index (χ1) is 10.8. The fourth-order valence-electron chi connectivity index (χ4n) is 2.53. The fraction of sp³-hybridized carbons (Fsp3) is 0.333. The summed E-state index contributed by atoms with van der Waals surface area (Å²) in [6.07, 6.45) is 4.67. The molecule has 6 nitrogen and oxygen atoms in total. The van der Waals surface area contributed by atoms with Gasteiger partial charge in [0, 0.05) is 18.0 Å². The van der Waals surface area contributed by atoms with Crippen LogP contribution in [0.25, 0.3) is 0 Å². The van der Waals surface area contributed by atoms with Crippen LogP contribution in [-0.2, 0) is 0 Å². The first-order valence-corrected chi connectivity index (χ1v) is 8.04. The molecule has 1 aromatic carbocycles. The largest absolute Gasteiger partial charge is 0.351 e. The summed E-state index contributed by atoms with van der Waals surface area (Å²) in [4.78, 5) is 22.4. The van der Waals surface area contributed by atoms with Crippen molar-refractivity contribution >= 4 is 23.3 Å². The average Bonchev–Trinajstić information content (AvgIpc) is 2.56. The van der Waals surface area contributed by atoms with Crippen LogP contribution in [0.4, 0.5) is 11.5 Å². The van der Waals surface area contributed by atoms with E-state index in [2.05, 4.69) is 9.97 Å². The van der Waals surface area contributed by atoms with Crippen molar-refractivity contribution < 1.29 is 4.92 Å². The predicted octanol–water partition coefficient (Wildman–Crippen LogP) is 3.53. The van der Waals surface area contributed by atoms with Gasteiger partial charge in [-0.25, -0.2) is 9.97 Å². The van der Waals surface area contributed by atoms with Crippen molar-refractivity contribution in [2.75, 3.05) is 18.0 Å². The minimum Gasteiger partial charge on any atom is -0.351 e. The lowest BCUT2D eigenvalue weighted by molar-refractivity contribution is -0.387. The predicted molar refractivity (Wildman–Crippen MR) is 85.3 cm³/mol. The van der Waals surface area contributed by atoms with E-state index in [0.29, 0.717) is 10.8 Å². The molecule has 1 aliphatic heterocycles. The summed E-state index contributed by atoms with van der Waals surface area (Å²) in [6, 6.07) is 9.55. The quantitative estimate of drug-likeness (QED) is 0.488. The summed E-state index contributed by atoms with van der Waals surface area (Å²) in [7, 11) is 0. The van der Waals surface area contributed by atoms with Crippen LogP contribution in [0.3, 0.4) is 0 Å². The van der Waals surface area contributed by atoms with Crippen molar-refractivity contribution in [3.63, 3.8) is 0 Å². The summed E-state index contributed by atoms with van der Waals surface area (Å²) < 4.78 is 0. The Labute approximate surface area is 132 Å². The molecule has 0 N–H and O–H groups in total. The second kappa shape index (κ2) is 6.74. The van der Waals surface area contributed by atoms with Crippen molar-refractivity contribution in [3.05, 3.63) is 46.8 Å². The Morgan fingerprint density at radius 1 is 1.09 bits per heavy atom. The molecule has 0 radical (unpaired) electrons. The van der Waals surface area contributed by atoms with Gasteiger partial charge < -0.3 is 4.90 Å². The van der Waals surface area contributed by atoms with Crippen molar-refractivity contribution in [1.29, 1.82) is 0 Å². The third-order valence-electron chi connectivity index (χ3n) is 3.57. The molecular formula is C15H16N4O2S. The summed E-state index contributed by atoms with van der Waals surface area (Å²) >= 11 is 1.30. The molecule has 1 fully saturated rings. The van der Waals surface area contributed by atoms with Crippen molar-refractivity contribution in [3.8, 4) is 0 Å². The third-order valence-corrected chi connectivity index (χ3v) is 4.57. The van der Waals surface area contributed by atoms with Crippen LogP contribution in [0, 0.1) is 10.1 Å². The van der Waals surface area contributed by atoms with E-state index in [4.69, 9.17) is 0 Å². The number of benzene rings is 1. The van der Waals surface area contributed by atoms with Crippen LogP contribution < -0.4 is 4.90 Å². The standard InChI is InChI=1S/C15H16N4O2S/c20-19(21)13-14(18-9-5-2-6-10-18)16-11-17-15(13)22-12-7-3-1-4-8-12/h1,3-4,7-8,11H,2,5-6,9-10H2. The molecule has 3 rings (SSSR count). The molecule has 7 heteroatoms. The first kappa shape index (κ1) is 14.8. The van der Waals surface area contributed by atoms with Gasteiger partial charge in [0.1, 0.15) is 6.33 Å². The highest BCUT2D eigenvalue weighted by Gasteiger charge is 2.28. The molecule has 1 aliphatic rings. The maximum absolute atomic E-state index is 11.6. The number of aromatic nitrogens is 2. The topological polar surface area (TPSA) is 72.2 Å². The highest BCUT2D eigenvalue weighted by molar-refractivity contribution is 7.99. The second-order valence-electron chi connectivity index (χ2n) is 5.07. The van der Waals surface area contributed by atoms with E-state index in [9.17, 15) is 10.1 Å². The van der Waals surface area contributed by atoms with Gasteiger partial charge >= 0.3 is 5.69 Å². The van der Waals surface area contributed by atoms with Gasteiger partial charge in [0.25, 0.3) is 0 Å². The number of hydrogen-bond acceptors (Lipinski definition) is 6. The Balaban J connectivity index is 1.97. The van der Waals surface area contributed by atoms with Crippen molar-refractivity contribution in [2.24, 2.45) is 0 Å². The minimum atomic E-state index is -0.366. The summed E-state index contributed by atoms with van der Waals surface area (Å²) in [5.41, 5.74) is 0.0123. The van der Waals surface area contributed by atoms with Gasteiger partial charge in [0.05, 0.1) is 4.92 Å². The molecule has 22 heavy (non-hydrogen) atoms. The molecule has 2 heterocycles. The van der Waals surface area contributed by atoms with Gasteiger partial charge in [0.2, 0.25) is 5.82 Å². The van der Waals surface area contributed by atoms with E-state index >= 15 is 0 Å². The number of anilines is 1. The monoisotopic (exact) mass is 316 g/mol. The Kier molecular flexibility index (Phi) is 4.53. The van der Waals surface area contributed by atoms with Crippen LogP contribution in [0.15, 0.2) is 46.6 Å². The van der Waals surface area contributed by atoms with Gasteiger partial charge in [-0.2, -0.15) is 0 Å². The van der Waals surface area contributed by atoms with Crippen LogP contribution >= 0.6 is 11.8 Å². The highest BCUT2D eigenvalue weighted by Crippen LogP contribution is 2.38. The molecule has 0 bridgehead atoms. The number of piperidine rings is 1. The molecule has 1 aromatic heterocycles. The number of nitrogens with zero attached hydrogens (tertiary/aromatic N) is 4. The molecule has 0 spiro atoms. The smallest absolute Gasteiger partial charge is 0.343 e. The number of hydrogen-bond donors (Lipinski definition) is 0. The third kappa shape index (κ3) is 3.19. The lowest BCUT2D eigenvalue weighted by atomic mass is 10.1. The van der Waals surface area contributed by atoms with E-state index in [1.807, 2.05) is 35.2 Å². The first-order valence-electron chi connectivity index (χ1n) is 7.23. The summed E-state index contributed by atoms with van der Waals surface area (Å²) in [5.74, 6) is 0.443. The molecule has 2 aromatic rings. The van der Waals surface area contributed by atoms with Gasteiger partial charge in [0.15, 0.2) is 5.03 Å². The Morgan fingerprint density at radius 2 is 1.82 bits per heavy atom. The van der Waals surface area contributed by atoms with Gasteiger partial charge in [-0.05, 0) is 31.4 Å². The molecule has 0 aliphatic carbocycles. The highest BCUT2D eigenvalue weighted by atomic mass is 32.2. The van der Waals surface area contributed by atoms with Crippen molar-refractivity contribution in [1.82, 2.24) is 9.97 Å². The SMILES string of the molecule is O=[N+]([O-])c1c(Sc2ccccc2)ncnc1N1CCCCC1. The second-order valence-corrected chi connectivity index (χ2v) is 6.13. The van der Waals surface area contributed by atoms with Crippen LogP contribution in [0.2, 0.25) is 0 Å². The summed E-state index contributed by atoms with van der Waals surface area (Å²) in [5, 5.41) is 12.0.